The Morgan fingerprint density at radius 3 is 3.00 bits per heavy atom. The van der Waals surface area contributed by atoms with E-state index in [4.69, 9.17) is 10.2 Å². The van der Waals surface area contributed by atoms with Gasteiger partial charge in [0, 0.05) is 11.6 Å². The molecule has 0 aliphatic carbocycles. The van der Waals surface area contributed by atoms with E-state index in [1.165, 1.54) is 15.9 Å². The van der Waals surface area contributed by atoms with E-state index in [0.717, 1.165) is 11.8 Å². The van der Waals surface area contributed by atoms with Crippen molar-refractivity contribution in [3.05, 3.63) is 40.8 Å². The van der Waals surface area contributed by atoms with Crippen LogP contribution in [-0.2, 0) is 0 Å². The summed E-state index contributed by atoms with van der Waals surface area (Å²) in [5.74, 6) is 1.68. The van der Waals surface area contributed by atoms with Gasteiger partial charge in [0.15, 0.2) is 12.0 Å². The van der Waals surface area contributed by atoms with E-state index in [9.17, 15) is 4.79 Å². The van der Waals surface area contributed by atoms with Crippen molar-refractivity contribution < 1.29 is 9.21 Å². The summed E-state index contributed by atoms with van der Waals surface area (Å²) in [6.07, 6.45) is 2.35. The number of carbonyl (C=O) groups excluding carboxylic acids is 1. The summed E-state index contributed by atoms with van der Waals surface area (Å²) in [6, 6.07) is 7.01. The summed E-state index contributed by atoms with van der Waals surface area (Å²) in [5.41, 5.74) is 7.35. The molecule has 0 aliphatic rings. The molecule has 0 saturated heterocycles. The first-order valence-corrected chi connectivity index (χ1v) is 7.24. The van der Waals surface area contributed by atoms with Gasteiger partial charge in [-0.3, -0.25) is 4.79 Å². The molecule has 8 heteroatoms. The Balaban J connectivity index is 1.91. The number of hydrogen-bond donors (Lipinski definition) is 1. The van der Waals surface area contributed by atoms with E-state index in [1.54, 1.807) is 24.5 Å². The molecule has 108 valence electrons. The van der Waals surface area contributed by atoms with Gasteiger partial charge in [0.1, 0.15) is 5.82 Å². The number of furan rings is 1. The number of nitrogens with zero attached hydrogens (tertiary/aromatic N) is 4. The van der Waals surface area contributed by atoms with Crippen molar-refractivity contribution >= 4 is 29.2 Å². The highest BCUT2D eigenvalue weighted by atomic mass is 32.1. The number of rotatable bonds is 3. The zero-order chi connectivity index (χ0) is 15.1. The zero-order valence-electron chi connectivity index (χ0n) is 11.1. The van der Waals surface area contributed by atoms with Crippen LogP contribution in [0.2, 0.25) is 0 Å². The summed E-state index contributed by atoms with van der Waals surface area (Å²) in [4.78, 5) is 20.4. The van der Waals surface area contributed by atoms with E-state index in [2.05, 4.69) is 15.1 Å². The van der Waals surface area contributed by atoms with Crippen LogP contribution in [0, 0.1) is 0 Å². The molecule has 0 radical (unpaired) electrons. The second-order valence-electron chi connectivity index (χ2n) is 4.51. The van der Waals surface area contributed by atoms with E-state index < -0.39 is 0 Å². The molecule has 0 atom stereocenters. The van der Waals surface area contributed by atoms with Crippen LogP contribution in [0.3, 0.4) is 0 Å². The predicted molar refractivity (Wildman–Crippen MR) is 81.6 cm³/mol. The lowest BCUT2D eigenvalue weighted by Crippen LogP contribution is -2.01. The van der Waals surface area contributed by atoms with Crippen LogP contribution in [0.25, 0.3) is 28.6 Å². The van der Waals surface area contributed by atoms with Gasteiger partial charge in [-0.25, -0.2) is 4.98 Å². The van der Waals surface area contributed by atoms with Crippen LogP contribution >= 0.6 is 11.3 Å². The van der Waals surface area contributed by atoms with Gasteiger partial charge in [0.25, 0.3) is 5.78 Å². The van der Waals surface area contributed by atoms with Gasteiger partial charge in [0.2, 0.25) is 5.82 Å². The molecule has 0 fully saturated rings. The number of nitrogen functional groups attached to an aromatic ring is 1. The van der Waals surface area contributed by atoms with E-state index in [1.807, 2.05) is 11.4 Å². The lowest BCUT2D eigenvalue weighted by Gasteiger charge is -2.02. The molecule has 22 heavy (non-hydrogen) atoms. The van der Waals surface area contributed by atoms with E-state index in [-0.39, 0.29) is 0 Å². The minimum atomic E-state index is 0.351. The minimum absolute atomic E-state index is 0.351. The average Bonchev–Trinajstić information content (AvgIpc) is 3.25. The normalized spacial score (nSPS) is 11.1. The largest absolute Gasteiger partial charge is 0.461 e. The Morgan fingerprint density at radius 1 is 1.32 bits per heavy atom. The Kier molecular flexibility index (Phi) is 2.76. The summed E-state index contributed by atoms with van der Waals surface area (Å²) in [7, 11) is 0. The number of aldehydes is 1. The SMILES string of the molecule is Nc1cc(-c2ccsc2C=O)nc2nc(-c3ccco3)nn12. The lowest BCUT2D eigenvalue weighted by molar-refractivity contribution is 0.112. The van der Waals surface area contributed by atoms with Crippen molar-refractivity contribution in [3.63, 3.8) is 0 Å². The number of fused-ring (bicyclic) bond motifs is 1. The van der Waals surface area contributed by atoms with Crippen LogP contribution < -0.4 is 5.73 Å². The van der Waals surface area contributed by atoms with Crippen LogP contribution in [0.1, 0.15) is 9.67 Å². The first-order chi connectivity index (χ1) is 10.8. The van der Waals surface area contributed by atoms with Gasteiger partial charge in [-0.05, 0) is 23.6 Å². The van der Waals surface area contributed by atoms with Crippen molar-refractivity contribution in [1.82, 2.24) is 19.6 Å². The third-order valence-corrected chi connectivity index (χ3v) is 4.00. The van der Waals surface area contributed by atoms with E-state index in [0.29, 0.717) is 33.8 Å². The third kappa shape index (κ3) is 1.89. The van der Waals surface area contributed by atoms with Crippen molar-refractivity contribution in [2.45, 2.75) is 0 Å². The number of nitrogens with two attached hydrogens (primary N) is 1. The molecule has 0 aromatic carbocycles. The molecule has 4 rings (SSSR count). The minimum Gasteiger partial charge on any atom is -0.461 e. The second-order valence-corrected chi connectivity index (χ2v) is 5.45. The van der Waals surface area contributed by atoms with Crippen molar-refractivity contribution in [2.75, 3.05) is 5.73 Å². The topological polar surface area (TPSA) is 99.3 Å². The molecule has 4 aromatic rings. The van der Waals surface area contributed by atoms with Gasteiger partial charge in [0.05, 0.1) is 16.8 Å². The van der Waals surface area contributed by atoms with Crippen LogP contribution in [0.4, 0.5) is 5.82 Å². The van der Waals surface area contributed by atoms with Gasteiger partial charge >= 0.3 is 0 Å². The average molecular weight is 311 g/mol. The maximum atomic E-state index is 11.1. The number of anilines is 1. The molecule has 0 unspecified atom stereocenters. The molecule has 0 bridgehead atoms. The Bertz CT molecular complexity index is 971. The van der Waals surface area contributed by atoms with Crippen molar-refractivity contribution in [1.29, 1.82) is 0 Å². The second kappa shape index (κ2) is 4.78. The van der Waals surface area contributed by atoms with E-state index >= 15 is 0 Å². The van der Waals surface area contributed by atoms with Gasteiger partial charge in [-0.1, -0.05) is 0 Å². The van der Waals surface area contributed by atoms with Crippen LogP contribution in [0.15, 0.2) is 40.3 Å². The molecule has 7 nitrogen and oxygen atoms in total. The quantitative estimate of drug-likeness (QED) is 0.584. The predicted octanol–water partition coefficient (Wildman–Crippen LogP) is 2.51. The number of hydrogen-bond acceptors (Lipinski definition) is 7. The summed E-state index contributed by atoms with van der Waals surface area (Å²) >= 11 is 1.35. The summed E-state index contributed by atoms with van der Waals surface area (Å²) < 4.78 is 6.72. The fourth-order valence-corrected chi connectivity index (χ4v) is 2.87. The first kappa shape index (κ1) is 12.7. The molecular weight excluding hydrogens is 302 g/mol. The number of carbonyl (C=O) groups is 1. The van der Waals surface area contributed by atoms with Crippen molar-refractivity contribution in [2.24, 2.45) is 0 Å². The molecule has 0 amide bonds. The van der Waals surface area contributed by atoms with Gasteiger partial charge < -0.3 is 10.2 Å². The van der Waals surface area contributed by atoms with Crippen LogP contribution in [0.5, 0.6) is 0 Å². The summed E-state index contributed by atoms with van der Waals surface area (Å²) in [6.45, 7) is 0. The van der Waals surface area contributed by atoms with Crippen LogP contribution in [-0.4, -0.2) is 25.9 Å². The monoisotopic (exact) mass is 311 g/mol. The lowest BCUT2D eigenvalue weighted by atomic mass is 10.2. The van der Waals surface area contributed by atoms with Gasteiger partial charge in [-0.15, -0.1) is 16.4 Å². The third-order valence-electron chi connectivity index (χ3n) is 3.16. The molecule has 0 aliphatic heterocycles. The molecule has 0 saturated carbocycles. The molecule has 0 spiro atoms. The maximum Gasteiger partial charge on any atom is 0.255 e. The summed E-state index contributed by atoms with van der Waals surface area (Å²) in [5, 5.41) is 6.11. The zero-order valence-corrected chi connectivity index (χ0v) is 11.9. The number of thiophene rings is 1. The maximum absolute atomic E-state index is 11.1. The Labute approximate surface area is 128 Å². The molecular formula is C14H9N5O2S. The fraction of sp³-hybridized carbons (Fsp3) is 0. The molecule has 2 N–H and O–H groups in total. The first-order valence-electron chi connectivity index (χ1n) is 6.36. The van der Waals surface area contributed by atoms with Gasteiger partial charge in [-0.2, -0.15) is 9.50 Å². The van der Waals surface area contributed by atoms with Crippen molar-refractivity contribution in [3.8, 4) is 22.8 Å². The molecule has 4 aromatic heterocycles. The molecule has 4 heterocycles. The smallest absolute Gasteiger partial charge is 0.255 e. The highest BCUT2D eigenvalue weighted by Gasteiger charge is 2.15. The fourth-order valence-electron chi connectivity index (χ4n) is 2.16. The Morgan fingerprint density at radius 2 is 2.23 bits per heavy atom. The highest BCUT2D eigenvalue weighted by Crippen LogP contribution is 2.27. The number of aromatic nitrogens is 4. The highest BCUT2D eigenvalue weighted by molar-refractivity contribution is 7.12. The standard InChI is InChI=1S/C14H9N5O2S/c15-12-6-9(8-3-5-22-11(8)7-20)16-14-17-13(18-19(12)14)10-2-1-4-21-10/h1-7H,15H2. The Hall–Kier alpha value is -3.00.